The molecule has 1 saturated heterocycles. The monoisotopic (exact) mass is 429 g/mol. The number of hydrogen-bond donors (Lipinski definition) is 0. The van der Waals surface area contributed by atoms with Gasteiger partial charge in [0.05, 0.1) is 35.4 Å². The molecule has 8 nitrogen and oxygen atoms in total. The van der Waals surface area contributed by atoms with Gasteiger partial charge < -0.3 is 14.2 Å². The lowest BCUT2D eigenvalue weighted by molar-refractivity contribution is 0.225. The molecule has 0 saturated carbocycles. The first-order valence-electron chi connectivity index (χ1n) is 10.0. The normalized spacial score (nSPS) is 16.3. The zero-order valence-corrected chi connectivity index (χ0v) is 18.0. The highest BCUT2D eigenvalue weighted by molar-refractivity contribution is 6.33. The molecule has 0 bridgehead atoms. The van der Waals surface area contributed by atoms with Crippen LogP contribution in [0.4, 0.5) is 5.69 Å². The first kappa shape index (κ1) is 20.4. The van der Waals surface area contributed by atoms with E-state index >= 15 is 0 Å². The summed E-state index contributed by atoms with van der Waals surface area (Å²) in [4.78, 5) is 18.9. The van der Waals surface area contributed by atoms with Gasteiger partial charge in [0.15, 0.2) is 0 Å². The number of pyridine rings is 1. The Morgan fingerprint density at radius 3 is 2.93 bits per heavy atom. The van der Waals surface area contributed by atoms with Crippen molar-refractivity contribution in [3.8, 4) is 17.0 Å². The molecule has 4 rings (SSSR count). The fourth-order valence-electron chi connectivity index (χ4n) is 3.75. The quantitative estimate of drug-likeness (QED) is 0.591. The molecule has 3 aromatic heterocycles. The minimum atomic E-state index is -0.251. The second kappa shape index (κ2) is 8.47. The summed E-state index contributed by atoms with van der Waals surface area (Å²) in [5.41, 5.74) is 2.86. The van der Waals surface area contributed by atoms with E-state index in [9.17, 15) is 4.79 Å². The molecule has 0 aromatic carbocycles. The van der Waals surface area contributed by atoms with Gasteiger partial charge in [-0.2, -0.15) is 5.10 Å². The van der Waals surface area contributed by atoms with E-state index in [2.05, 4.69) is 15.2 Å². The highest BCUT2D eigenvalue weighted by Gasteiger charge is 2.27. The minimum absolute atomic E-state index is 0.0286. The summed E-state index contributed by atoms with van der Waals surface area (Å²) in [5, 5.41) is 8.46. The third kappa shape index (κ3) is 3.92. The average molecular weight is 430 g/mol. The highest BCUT2D eigenvalue weighted by atomic mass is 35.5. The molecule has 1 atom stereocenters. The molecule has 30 heavy (non-hydrogen) atoms. The van der Waals surface area contributed by atoms with Crippen molar-refractivity contribution >= 4 is 17.3 Å². The SMILES string of the molecule is CCCn1ncc(N2CC[C@@H](Oc3ccnc(-c4c(C)noc4C)c3)C2)c(Cl)c1=O. The molecule has 0 N–H and O–H groups in total. The molecule has 4 heterocycles. The third-order valence-corrected chi connectivity index (χ3v) is 5.57. The number of rotatable bonds is 6. The molecule has 1 aliphatic heterocycles. The van der Waals surface area contributed by atoms with Crippen LogP contribution in [0, 0.1) is 13.8 Å². The van der Waals surface area contributed by atoms with E-state index in [1.165, 1.54) is 4.68 Å². The van der Waals surface area contributed by atoms with Gasteiger partial charge in [0.25, 0.3) is 5.56 Å². The van der Waals surface area contributed by atoms with Gasteiger partial charge >= 0.3 is 0 Å². The van der Waals surface area contributed by atoms with Gasteiger partial charge in [0, 0.05) is 31.8 Å². The van der Waals surface area contributed by atoms with Crippen LogP contribution in [0.3, 0.4) is 0 Å². The Balaban J connectivity index is 1.48. The van der Waals surface area contributed by atoms with Crippen molar-refractivity contribution in [3.63, 3.8) is 0 Å². The summed E-state index contributed by atoms with van der Waals surface area (Å²) in [7, 11) is 0. The Hall–Kier alpha value is -2.87. The topological polar surface area (TPSA) is 86.3 Å². The summed E-state index contributed by atoms with van der Waals surface area (Å²) in [6.45, 7) is 7.68. The summed E-state index contributed by atoms with van der Waals surface area (Å²) in [6, 6.07) is 3.74. The molecule has 3 aromatic rings. The van der Waals surface area contributed by atoms with Crippen molar-refractivity contribution in [3.05, 3.63) is 51.4 Å². The van der Waals surface area contributed by atoms with Gasteiger partial charge in [-0.15, -0.1) is 0 Å². The van der Waals surface area contributed by atoms with Crippen molar-refractivity contribution in [1.29, 1.82) is 0 Å². The van der Waals surface area contributed by atoms with E-state index in [1.54, 1.807) is 12.4 Å². The molecule has 1 fully saturated rings. The average Bonchev–Trinajstić information content (AvgIpc) is 3.32. The number of halogens is 1. The first-order chi connectivity index (χ1) is 14.5. The van der Waals surface area contributed by atoms with Crippen molar-refractivity contribution in [1.82, 2.24) is 19.9 Å². The Bertz CT molecular complexity index is 1090. The largest absolute Gasteiger partial charge is 0.488 e. The van der Waals surface area contributed by atoms with E-state index in [0.29, 0.717) is 18.8 Å². The summed E-state index contributed by atoms with van der Waals surface area (Å²) >= 11 is 6.35. The summed E-state index contributed by atoms with van der Waals surface area (Å²) in [6.07, 6.45) is 5.00. The Labute approximate surface area is 179 Å². The number of hydrogen-bond acceptors (Lipinski definition) is 7. The molecule has 9 heteroatoms. The third-order valence-electron chi connectivity index (χ3n) is 5.21. The number of nitrogens with zero attached hydrogens (tertiary/aromatic N) is 5. The number of anilines is 1. The van der Waals surface area contributed by atoms with Gasteiger partial charge in [0.2, 0.25) is 0 Å². The van der Waals surface area contributed by atoms with Crippen LogP contribution >= 0.6 is 11.6 Å². The van der Waals surface area contributed by atoms with E-state index in [0.717, 1.165) is 47.8 Å². The van der Waals surface area contributed by atoms with Crippen LogP contribution < -0.4 is 15.2 Å². The Morgan fingerprint density at radius 1 is 1.37 bits per heavy atom. The lowest BCUT2D eigenvalue weighted by Crippen LogP contribution is -2.29. The fourth-order valence-corrected chi connectivity index (χ4v) is 4.02. The zero-order chi connectivity index (χ0) is 21.3. The lowest BCUT2D eigenvalue weighted by Gasteiger charge is -2.20. The zero-order valence-electron chi connectivity index (χ0n) is 17.3. The van der Waals surface area contributed by atoms with Crippen LogP contribution in [0.15, 0.2) is 33.8 Å². The molecule has 158 valence electrons. The second-order valence-corrected chi connectivity index (χ2v) is 7.80. The van der Waals surface area contributed by atoms with Crippen LogP contribution in [0.1, 0.15) is 31.2 Å². The molecule has 0 aliphatic carbocycles. The molecule has 0 amide bonds. The van der Waals surface area contributed by atoms with Gasteiger partial charge in [-0.1, -0.05) is 23.7 Å². The predicted octanol–water partition coefficient (Wildman–Crippen LogP) is 3.63. The van der Waals surface area contributed by atoms with Crippen molar-refractivity contribution in [2.24, 2.45) is 0 Å². The van der Waals surface area contributed by atoms with Gasteiger partial charge in [-0.05, 0) is 26.3 Å². The van der Waals surface area contributed by atoms with Crippen LogP contribution in [0.5, 0.6) is 5.75 Å². The van der Waals surface area contributed by atoms with E-state index in [-0.39, 0.29) is 16.7 Å². The number of ether oxygens (including phenoxy) is 1. The standard InChI is InChI=1S/C21H24ClN5O3/c1-4-8-27-21(28)20(22)18(11-24-27)26-9-6-16(12-26)29-15-5-7-23-17(10-15)19-13(2)25-30-14(19)3/h5,7,10-11,16H,4,6,8-9,12H2,1-3H3/t16-/m1/s1. The van der Waals surface area contributed by atoms with Crippen LogP contribution in [0.2, 0.25) is 5.02 Å². The van der Waals surface area contributed by atoms with E-state index in [4.69, 9.17) is 20.9 Å². The molecule has 0 unspecified atom stereocenters. The Kier molecular flexibility index (Phi) is 5.76. The van der Waals surface area contributed by atoms with Crippen LogP contribution in [0.25, 0.3) is 11.3 Å². The first-order valence-corrected chi connectivity index (χ1v) is 10.4. The molecule has 0 radical (unpaired) electrons. The van der Waals surface area contributed by atoms with Crippen LogP contribution in [-0.2, 0) is 6.54 Å². The van der Waals surface area contributed by atoms with Gasteiger partial charge in [0.1, 0.15) is 22.6 Å². The maximum Gasteiger partial charge on any atom is 0.287 e. The number of aryl methyl sites for hydroxylation is 3. The fraction of sp³-hybridized carbons (Fsp3) is 0.429. The Morgan fingerprint density at radius 2 is 2.20 bits per heavy atom. The second-order valence-electron chi connectivity index (χ2n) is 7.42. The number of aromatic nitrogens is 4. The molecular weight excluding hydrogens is 406 g/mol. The minimum Gasteiger partial charge on any atom is -0.488 e. The van der Waals surface area contributed by atoms with Crippen molar-refractivity contribution < 1.29 is 9.26 Å². The molecule has 1 aliphatic rings. The smallest absolute Gasteiger partial charge is 0.287 e. The van der Waals surface area contributed by atoms with Crippen LogP contribution in [-0.4, -0.2) is 39.1 Å². The van der Waals surface area contributed by atoms with Crippen molar-refractivity contribution in [2.75, 3.05) is 18.0 Å². The maximum atomic E-state index is 12.4. The highest BCUT2D eigenvalue weighted by Crippen LogP contribution is 2.30. The maximum absolute atomic E-state index is 12.4. The molecular formula is C21H24ClN5O3. The lowest BCUT2D eigenvalue weighted by atomic mass is 10.1. The van der Waals surface area contributed by atoms with Gasteiger partial charge in [-0.25, -0.2) is 4.68 Å². The van der Waals surface area contributed by atoms with E-state index in [1.807, 2.05) is 37.8 Å². The van der Waals surface area contributed by atoms with E-state index < -0.39 is 0 Å². The summed E-state index contributed by atoms with van der Waals surface area (Å²) in [5.74, 6) is 1.46. The molecule has 0 spiro atoms. The summed E-state index contributed by atoms with van der Waals surface area (Å²) < 4.78 is 12.9. The van der Waals surface area contributed by atoms with Gasteiger partial charge in [-0.3, -0.25) is 9.78 Å². The predicted molar refractivity (Wildman–Crippen MR) is 114 cm³/mol. The van der Waals surface area contributed by atoms with Crippen molar-refractivity contribution in [2.45, 2.75) is 46.3 Å².